The molecule has 100 valence electrons. The van der Waals surface area contributed by atoms with Crippen molar-refractivity contribution in [1.29, 1.82) is 0 Å². The fourth-order valence-corrected chi connectivity index (χ4v) is 1.56. The van der Waals surface area contributed by atoms with E-state index in [-0.39, 0.29) is 0 Å². The van der Waals surface area contributed by atoms with Gasteiger partial charge >= 0.3 is 5.97 Å². The monoisotopic (exact) mass is 245 g/mol. The highest BCUT2D eigenvalue weighted by Gasteiger charge is 2.18. The van der Waals surface area contributed by atoms with Gasteiger partial charge in [0.15, 0.2) is 0 Å². The number of carbonyl (C=O) groups is 2. The summed E-state index contributed by atoms with van der Waals surface area (Å²) in [6.07, 6.45) is 2.25. The molecule has 0 bridgehead atoms. The zero-order valence-corrected chi connectivity index (χ0v) is 10.6. The van der Waals surface area contributed by atoms with Crippen LogP contribution < -0.4 is 5.32 Å². The van der Waals surface area contributed by atoms with Crippen LogP contribution in [0.15, 0.2) is 0 Å². The minimum Gasteiger partial charge on any atom is -0.481 e. The zero-order valence-electron chi connectivity index (χ0n) is 10.6. The van der Waals surface area contributed by atoms with Crippen LogP contribution in [0.25, 0.3) is 0 Å². The molecule has 0 aromatic heterocycles. The Hall–Kier alpha value is -1.10. The van der Waals surface area contributed by atoms with Crippen LogP contribution in [0.2, 0.25) is 0 Å². The molecule has 0 saturated heterocycles. The summed E-state index contributed by atoms with van der Waals surface area (Å²) >= 11 is 0. The van der Waals surface area contributed by atoms with Crippen molar-refractivity contribution in [2.24, 2.45) is 5.92 Å². The van der Waals surface area contributed by atoms with Crippen molar-refractivity contribution in [1.82, 2.24) is 5.32 Å². The molecule has 0 aliphatic heterocycles. The quantitative estimate of drug-likeness (QED) is 0.569. The Bertz CT molecular complexity index is 243. The van der Waals surface area contributed by atoms with Gasteiger partial charge < -0.3 is 15.5 Å². The van der Waals surface area contributed by atoms with Gasteiger partial charge in [0.25, 0.3) is 0 Å². The highest BCUT2D eigenvalue weighted by Crippen LogP contribution is 2.11. The highest BCUT2D eigenvalue weighted by molar-refractivity contribution is 5.84. The minimum atomic E-state index is -1.45. The summed E-state index contributed by atoms with van der Waals surface area (Å²) in [5.74, 6) is -1.37. The predicted octanol–water partition coefficient (Wildman–Crippen LogP) is 1.15. The van der Waals surface area contributed by atoms with Crippen molar-refractivity contribution in [2.75, 3.05) is 6.54 Å². The van der Waals surface area contributed by atoms with Crippen molar-refractivity contribution in [3.05, 3.63) is 0 Å². The van der Waals surface area contributed by atoms with E-state index in [9.17, 15) is 14.7 Å². The molecule has 0 aromatic rings. The van der Waals surface area contributed by atoms with Crippen molar-refractivity contribution < 1.29 is 19.8 Å². The van der Waals surface area contributed by atoms with E-state index in [2.05, 4.69) is 19.2 Å². The maximum Gasteiger partial charge on any atom is 0.306 e. The molecule has 0 rings (SSSR count). The van der Waals surface area contributed by atoms with Gasteiger partial charge in [0.1, 0.15) is 6.10 Å². The van der Waals surface area contributed by atoms with Crippen molar-refractivity contribution >= 4 is 11.9 Å². The molecular formula is C12H23NO4. The van der Waals surface area contributed by atoms with Gasteiger partial charge in [-0.1, -0.05) is 33.1 Å². The molecule has 0 spiro atoms. The summed E-state index contributed by atoms with van der Waals surface area (Å²) in [6, 6.07) is 0. The summed E-state index contributed by atoms with van der Waals surface area (Å²) in [4.78, 5) is 21.7. The van der Waals surface area contributed by atoms with Crippen molar-refractivity contribution in [3.63, 3.8) is 0 Å². The summed E-state index contributed by atoms with van der Waals surface area (Å²) in [5.41, 5.74) is 0. The van der Waals surface area contributed by atoms with Gasteiger partial charge in [-0.15, -0.1) is 0 Å². The Morgan fingerprint density at radius 2 is 1.94 bits per heavy atom. The fraction of sp³-hybridized carbons (Fsp3) is 0.833. The van der Waals surface area contributed by atoms with Gasteiger partial charge in [-0.05, 0) is 12.3 Å². The molecule has 3 N–H and O–H groups in total. The molecule has 0 radical (unpaired) electrons. The van der Waals surface area contributed by atoms with Crippen LogP contribution in [0.5, 0.6) is 0 Å². The van der Waals surface area contributed by atoms with Gasteiger partial charge in [0.2, 0.25) is 5.91 Å². The number of aliphatic carboxylic acids is 1. The van der Waals surface area contributed by atoms with Crippen molar-refractivity contribution in [2.45, 2.75) is 52.1 Å². The fourth-order valence-electron chi connectivity index (χ4n) is 1.56. The number of carboxylic acid groups (broad SMARTS) is 1. The summed E-state index contributed by atoms with van der Waals surface area (Å²) in [7, 11) is 0. The molecular weight excluding hydrogens is 222 g/mol. The van der Waals surface area contributed by atoms with Crippen LogP contribution in [0.3, 0.4) is 0 Å². The third-order valence-corrected chi connectivity index (χ3v) is 2.78. The Labute approximate surface area is 102 Å². The summed E-state index contributed by atoms with van der Waals surface area (Å²) in [5, 5.41) is 20.3. The van der Waals surface area contributed by atoms with E-state index in [4.69, 9.17) is 5.11 Å². The van der Waals surface area contributed by atoms with E-state index < -0.39 is 24.4 Å². The Morgan fingerprint density at radius 3 is 2.41 bits per heavy atom. The SMILES string of the molecule is CCCCC(CC)CNC(=O)C(O)CC(=O)O. The van der Waals surface area contributed by atoms with Crippen LogP contribution in [0.4, 0.5) is 0 Å². The predicted molar refractivity (Wildman–Crippen MR) is 64.6 cm³/mol. The first-order valence-electron chi connectivity index (χ1n) is 6.18. The number of unbranched alkanes of at least 4 members (excludes halogenated alkanes) is 1. The van der Waals surface area contributed by atoms with E-state index in [0.29, 0.717) is 12.5 Å². The lowest BCUT2D eigenvalue weighted by molar-refractivity contribution is -0.143. The first kappa shape index (κ1) is 15.9. The lowest BCUT2D eigenvalue weighted by Crippen LogP contribution is -2.38. The first-order chi connectivity index (χ1) is 8.01. The molecule has 0 fully saturated rings. The number of nitrogens with one attached hydrogen (secondary N) is 1. The smallest absolute Gasteiger partial charge is 0.306 e. The summed E-state index contributed by atoms with van der Waals surface area (Å²) < 4.78 is 0. The molecule has 2 atom stereocenters. The van der Waals surface area contributed by atoms with E-state index >= 15 is 0 Å². The normalized spacial score (nSPS) is 14.1. The van der Waals surface area contributed by atoms with E-state index in [0.717, 1.165) is 25.7 Å². The van der Waals surface area contributed by atoms with Crippen LogP contribution in [0, 0.1) is 5.92 Å². The lowest BCUT2D eigenvalue weighted by Gasteiger charge is -2.16. The van der Waals surface area contributed by atoms with Gasteiger partial charge in [0.05, 0.1) is 6.42 Å². The molecule has 17 heavy (non-hydrogen) atoms. The van der Waals surface area contributed by atoms with Gasteiger partial charge in [-0.25, -0.2) is 0 Å². The number of amides is 1. The Balaban J connectivity index is 3.90. The average molecular weight is 245 g/mol. The van der Waals surface area contributed by atoms with E-state index in [1.807, 2.05) is 0 Å². The third-order valence-electron chi connectivity index (χ3n) is 2.78. The number of carboxylic acids is 1. The topological polar surface area (TPSA) is 86.6 Å². The summed E-state index contributed by atoms with van der Waals surface area (Å²) in [6.45, 7) is 4.67. The molecule has 0 aliphatic rings. The zero-order chi connectivity index (χ0) is 13.3. The molecule has 5 heteroatoms. The number of rotatable bonds is 9. The molecule has 5 nitrogen and oxygen atoms in total. The second kappa shape index (κ2) is 8.98. The van der Waals surface area contributed by atoms with Crippen LogP contribution in [0.1, 0.15) is 46.0 Å². The third kappa shape index (κ3) is 7.74. The molecule has 0 aliphatic carbocycles. The maximum absolute atomic E-state index is 11.3. The van der Waals surface area contributed by atoms with Crippen LogP contribution in [-0.4, -0.2) is 34.7 Å². The Morgan fingerprint density at radius 1 is 1.29 bits per heavy atom. The number of aliphatic hydroxyl groups excluding tert-OH is 1. The number of carbonyl (C=O) groups excluding carboxylic acids is 1. The number of aliphatic hydroxyl groups is 1. The van der Waals surface area contributed by atoms with Gasteiger partial charge in [-0.2, -0.15) is 0 Å². The second-order valence-corrected chi connectivity index (χ2v) is 4.28. The lowest BCUT2D eigenvalue weighted by atomic mass is 9.99. The van der Waals surface area contributed by atoms with Crippen molar-refractivity contribution in [3.8, 4) is 0 Å². The molecule has 0 aromatic carbocycles. The van der Waals surface area contributed by atoms with Crippen LogP contribution >= 0.6 is 0 Å². The number of hydrogen-bond acceptors (Lipinski definition) is 3. The molecule has 0 saturated carbocycles. The van der Waals surface area contributed by atoms with Gasteiger partial charge in [-0.3, -0.25) is 9.59 Å². The number of hydrogen-bond donors (Lipinski definition) is 3. The molecule has 0 heterocycles. The Kier molecular flexibility index (Phi) is 8.40. The standard InChI is InChI=1S/C12H23NO4/c1-3-5-6-9(4-2)8-13-12(17)10(14)7-11(15)16/h9-10,14H,3-8H2,1-2H3,(H,13,17)(H,15,16). The van der Waals surface area contributed by atoms with E-state index in [1.54, 1.807) is 0 Å². The largest absolute Gasteiger partial charge is 0.481 e. The second-order valence-electron chi connectivity index (χ2n) is 4.28. The average Bonchev–Trinajstić information content (AvgIpc) is 2.28. The maximum atomic E-state index is 11.3. The van der Waals surface area contributed by atoms with E-state index in [1.165, 1.54) is 0 Å². The molecule has 1 amide bonds. The van der Waals surface area contributed by atoms with Gasteiger partial charge in [0, 0.05) is 6.54 Å². The highest BCUT2D eigenvalue weighted by atomic mass is 16.4. The van der Waals surface area contributed by atoms with Crippen LogP contribution in [-0.2, 0) is 9.59 Å². The minimum absolute atomic E-state index is 0.399. The molecule has 2 unspecified atom stereocenters. The first-order valence-corrected chi connectivity index (χ1v) is 6.18.